The van der Waals surface area contributed by atoms with Gasteiger partial charge in [-0.3, -0.25) is 4.79 Å². The molecule has 23 heavy (non-hydrogen) atoms. The van der Waals surface area contributed by atoms with Crippen molar-refractivity contribution in [2.75, 3.05) is 6.54 Å². The molecule has 1 saturated heterocycles. The van der Waals surface area contributed by atoms with Crippen molar-refractivity contribution in [1.29, 1.82) is 0 Å². The molecule has 1 aromatic carbocycles. The van der Waals surface area contributed by atoms with Gasteiger partial charge < -0.3 is 10.6 Å². The van der Waals surface area contributed by atoms with Crippen molar-refractivity contribution < 1.29 is 4.79 Å². The molecule has 2 N–H and O–H groups in total. The predicted octanol–water partition coefficient (Wildman–Crippen LogP) is 2.93. The minimum Gasteiger partial charge on any atom is -0.349 e. The van der Waals surface area contributed by atoms with Crippen molar-refractivity contribution in [1.82, 2.24) is 20.4 Å². The van der Waals surface area contributed by atoms with E-state index in [4.69, 9.17) is 0 Å². The Labute approximate surface area is 150 Å². The average Bonchev–Trinajstić information content (AvgIpc) is 2.97. The molecule has 1 aliphatic rings. The van der Waals surface area contributed by atoms with Crippen LogP contribution in [0.2, 0.25) is 0 Å². The van der Waals surface area contributed by atoms with Crippen molar-refractivity contribution in [2.45, 2.75) is 31.8 Å². The fraction of sp³-hybridized carbons (Fsp3) is 0.375. The smallest absolute Gasteiger partial charge is 0.254 e. The van der Waals surface area contributed by atoms with E-state index in [1.807, 2.05) is 24.3 Å². The SMILES string of the molecule is CC1CC(NC(=O)c2cnn(-c3cccc(Br)c3)c2)CCN1.Cl. The van der Waals surface area contributed by atoms with Gasteiger partial charge in [-0.15, -0.1) is 12.4 Å². The number of nitrogens with zero attached hydrogens (tertiary/aromatic N) is 2. The normalized spacial score (nSPS) is 20.6. The molecule has 2 aromatic rings. The number of halogens is 2. The highest BCUT2D eigenvalue weighted by molar-refractivity contribution is 9.10. The zero-order valence-corrected chi connectivity index (χ0v) is 15.2. The van der Waals surface area contributed by atoms with Gasteiger partial charge >= 0.3 is 0 Å². The van der Waals surface area contributed by atoms with Gasteiger partial charge in [0.15, 0.2) is 0 Å². The summed E-state index contributed by atoms with van der Waals surface area (Å²) in [6, 6.07) is 8.49. The van der Waals surface area contributed by atoms with Gasteiger partial charge in [-0.2, -0.15) is 5.10 Å². The van der Waals surface area contributed by atoms with E-state index in [0.717, 1.165) is 29.5 Å². The summed E-state index contributed by atoms with van der Waals surface area (Å²) >= 11 is 3.44. The molecule has 2 atom stereocenters. The Kier molecular flexibility index (Phi) is 6.21. The molecule has 1 fully saturated rings. The summed E-state index contributed by atoms with van der Waals surface area (Å²) < 4.78 is 2.69. The van der Waals surface area contributed by atoms with Gasteiger partial charge in [0.1, 0.15) is 0 Å². The molecule has 0 spiro atoms. The monoisotopic (exact) mass is 398 g/mol. The van der Waals surface area contributed by atoms with Crippen LogP contribution in [0.4, 0.5) is 0 Å². The van der Waals surface area contributed by atoms with E-state index in [1.54, 1.807) is 17.1 Å². The second-order valence-electron chi connectivity index (χ2n) is 5.70. The molecule has 0 saturated carbocycles. The maximum absolute atomic E-state index is 12.3. The third-order valence-corrected chi connectivity index (χ3v) is 4.37. The minimum atomic E-state index is -0.0552. The number of rotatable bonds is 3. The Morgan fingerprint density at radius 3 is 3.04 bits per heavy atom. The molecular weight excluding hydrogens is 380 g/mol. The summed E-state index contributed by atoms with van der Waals surface area (Å²) in [5, 5.41) is 10.8. The summed E-state index contributed by atoms with van der Waals surface area (Å²) in [5.41, 5.74) is 1.51. The lowest BCUT2D eigenvalue weighted by molar-refractivity contribution is 0.0925. The number of benzene rings is 1. The molecule has 2 heterocycles. The summed E-state index contributed by atoms with van der Waals surface area (Å²) in [5.74, 6) is -0.0552. The van der Waals surface area contributed by atoms with Crippen LogP contribution < -0.4 is 10.6 Å². The Morgan fingerprint density at radius 1 is 1.48 bits per heavy atom. The number of carbonyl (C=O) groups excluding carboxylic acids is 1. The number of aromatic nitrogens is 2. The fourth-order valence-electron chi connectivity index (χ4n) is 2.73. The quantitative estimate of drug-likeness (QED) is 0.834. The Bertz CT molecular complexity index is 676. The number of hydrogen-bond acceptors (Lipinski definition) is 3. The average molecular weight is 400 g/mol. The summed E-state index contributed by atoms with van der Waals surface area (Å²) in [7, 11) is 0. The second-order valence-corrected chi connectivity index (χ2v) is 6.62. The minimum absolute atomic E-state index is 0. The van der Waals surface area contributed by atoms with Crippen LogP contribution in [0.25, 0.3) is 5.69 Å². The molecule has 1 amide bonds. The molecule has 1 aliphatic heterocycles. The van der Waals surface area contributed by atoms with Crippen molar-refractivity contribution in [3.05, 3.63) is 46.7 Å². The van der Waals surface area contributed by atoms with Crippen LogP contribution in [-0.4, -0.2) is 34.3 Å². The lowest BCUT2D eigenvalue weighted by Gasteiger charge is -2.28. The highest BCUT2D eigenvalue weighted by Crippen LogP contribution is 2.15. The van der Waals surface area contributed by atoms with Crippen LogP contribution in [0.1, 0.15) is 30.1 Å². The first kappa shape index (κ1) is 18.0. The van der Waals surface area contributed by atoms with E-state index >= 15 is 0 Å². The molecule has 0 bridgehead atoms. The van der Waals surface area contributed by atoms with Crippen LogP contribution in [0.5, 0.6) is 0 Å². The van der Waals surface area contributed by atoms with Crippen molar-refractivity contribution in [3.8, 4) is 5.69 Å². The predicted molar refractivity (Wildman–Crippen MR) is 96.5 cm³/mol. The first-order chi connectivity index (χ1) is 10.6. The Balaban J connectivity index is 0.00000192. The topological polar surface area (TPSA) is 59.0 Å². The van der Waals surface area contributed by atoms with Crippen LogP contribution in [-0.2, 0) is 0 Å². The van der Waals surface area contributed by atoms with E-state index in [0.29, 0.717) is 11.6 Å². The molecule has 3 rings (SSSR count). The number of hydrogen-bond donors (Lipinski definition) is 2. The Morgan fingerprint density at radius 2 is 2.30 bits per heavy atom. The highest BCUT2D eigenvalue weighted by atomic mass is 79.9. The van der Waals surface area contributed by atoms with Gasteiger partial charge in [0, 0.05) is 22.8 Å². The molecule has 0 aliphatic carbocycles. The number of carbonyl (C=O) groups is 1. The first-order valence-corrected chi connectivity index (χ1v) is 8.26. The summed E-state index contributed by atoms with van der Waals surface area (Å²) in [6.45, 7) is 3.09. The van der Waals surface area contributed by atoms with Crippen molar-refractivity contribution in [2.24, 2.45) is 0 Å². The van der Waals surface area contributed by atoms with E-state index in [2.05, 4.69) is 38.6 Å². The Hall–Kier alpha value is -1.37. The standard InChI is InChI=1S/C16H19BrN4O.ClH/c1-11-7-14(5-6-18-11)20-16(22)12-9-19-21(10-12)15-4-2-3-13(17)8-15;/h2-4,8-11,14,18H,5-7H2,1H3,(H,20,22);1H. The van der Waals surface area contributed by atoms with Gasteiger partial charge in [-0.1, -0.05) is 22.0 Å². The summed E-state index contributed by atoms with van der Waals surface area (Å²) in [6.07, 6.45) is 5.31. The first-order valence-electron chi connectivity index (χ1n) is 7.46. The third kappa shape index (κ3) is 4.56. The van der Waals surface area contributed by atoms with E-state index in [-0.39, 0.29) is 24.4 Å². The fourth-order valence-corrected chi connectivity index (χ4v) is 3.12. The molecule has 1 aromatic heterocycles. The van der Waals surface area contributed by atoms with Crippen LogP contribution in [0.15, 0.2) is 41.1 Å². The van der Waals surface area contributed by atoms with E-state index < -0.39 is 0 Å². The van der Waals surface area contributed by atoms with E-state index in [1.165, 1.54) is 0 Å². The van der Waals surface area contributed by atoms with Gasteiger partial charge in [-0.05, 0) is 44.5 Å². The van der Waals surface area contributed by atoms with Crippen molar-refractivity contribution in [3.63, 3.8) is 0 Å². The molecule has 0 radical (unpaired) electrons. The second kappa shape index (κ2) is 7.95. The van der Waals surface area contributed by atoms with Crippen molar-refractivity contribution >= 4 is 34.2 Å². The molecule has 5 nitrogen and oxygen atoms in total. The molecular formula is C16H20BrClN4O. The highest BCUT2D eigenvalue weighted by Gasteiger charge is 2.21. The zero-order valence-electron chi connectivity index (χ0n) is 12.8. The lowest BCUT2D eigenvalue weighted by Crippen LogP contribution is -2.46. The molecule has 124 valence electrons. The van der Waals surface area contributed by atoms with Gasteiger partial charge in [0.05, 0.1) is 17.4 Å². The maximum atomic E-state index is 12.3. The van der Waals surface area contributed by atoms with Crippen LogP contribution in [0.3, 0.4) is 0 Å². The molecule has 7 heteroatoms. The van der Waals surface area contributed by atoms with Crippen LogP contribution >= 0.6 is 28.3 Å². The van der Waals surface area contributed by atoms with Gasteiger partial charge in [0.2, 0.25) is 0 Å². The van der Waals surface area contributed by atoms with Crippen LogP contribution in [0, 0.1) is 0 Å². The number of piperidine rings is 1. The number of amides is 1. The summed E-state index contributed by atoms with van der Waals surface area (Å²) in [4.78, 5) is 12.3. The van der Waals surface area contributed by atoms with Gasteiger partial charge in [0.25, 0.3) is 5.91 Å². The lowest BCUT2D eigenvalue weighted by atomic mass is 10.0. The van der Waals surface area contributed by atoms with E-state index in [9.17, 15) is 4.79 Å². The largest absolute Gasteiger partial charge is 0.349 e. The molecule has 2 unspecified atom stereocenters. The zero-order chi connectivity index (χ0) is 15.5. The maximum Gasteiger partial charge on any atom is 0.254 e. The third-order valence-electron chi connectivity index (χ3n) is 3.88. The number of nitrogens with one attached hydrogen (secondary N) is 2. The van der Waals surface area contributed by atoms with Gasteiger partial charge in [-0.25, -0.2) is 4.68 Å².